The third-order valence-electron chi connectivity index (χ3n) is 3.13. The van der Waals surface area contributed by atoms with Crippen molar-refractivity contribution in [2.24, 2.45) is 0 Å². The standard InChI is InChI=1S/C13H17ClN2O2/c1-18-13(17)10-15-5-7-16(8-6-15)12-4-2-3-11(14)9-12/h2-4,9H,5-8,10H2,1H3. The quantitative estimate of drug-likeness (QED) is 0.781. The molecule has 0 unspecified atom stereocenters. The molecule has 0 radical (unpaired) electrons. The molecule has 0 aromatic heterocycles. The molecule has 1 fully saturated rings. The molecule has 2 rings (SSSR count). The largest absolute Gasteiger partial charge is 0.468 e. The maximum atomic E-state index is 11.2. The number of esters is 1. The van der Waals surface area contributed by atoms with Crippen molar-refractivity contribution in [3.05, 3.63) is 29.3 Å². The zero-order chi connectivity index (χ0) is 13.0. The van der Waals surface area contributed by atoms with Gasteiger partial charge in [-0.1, -0.05) is 17.7 Å². The number of hydrogen-bond acceptors (Lipinski definition) is 4. The van der Waals surface area contributed by atoms with E-state index in [0.29, 0.717) is 6.54 Å². The first-order valence-electron chi connectivity index (χ1n) is 5.99. The third-order valence-corrected chi connectivity index (χ3v) is 3.36. The van der Waals surface area contributed by atoms with Gasteiger partial charge in [0.15, 0.2) is 0 Å². The van der Waals surface area contributed by atoms with Gasteiger partial charge in [0.25, 0.3) is 0 Å². The molecule has 5 heteroatoms. The average Bonchev–Trinajstić information content (AvgIpc) is 2.39. The maximum absolute atomic E-state index is 11.2. The lowest BCUT2D eigenvalue weighted by molar-refractivity contribution is -0.142. The molecule has 0 aliphatic carbocycles. The summed E-state index contributed by atoms with van der Waals surface area (Å²) in [6.07, 6.45) is 0. The lowest BCUT2D eigenvalue weighted by Crippen LogP contribution is -2.48. The van der Waals surface area contributed by atoms with Gasteiger partial charge in [0.1, 0.15) is 0 Å². The molecule has 1 aromatic rings. The summed E-state index contributed by atoms with van der Waals surface area (Å²) in [5, 5.41) is 0.754. The van der Waals surface area contributed by atoms with Crippen molar-refractivity contribution in [1.82, 2.24) is 4.90 Å². The Morgan fingerprint density at radius 1 is 1.33 bits per heavy atom. The summed E-state index contributed by atoms with van der Waals surface area (Å²) in [6.45, 7) is 3.90. The van der Waals surface area contributed by atoms with Crippen LogP contribution >= 0.6 is 11.6 Å². The second-order valence-electron chi connectivity index (χ2n) is 4.32. The van der Waals surface area contributed by atoms with Gasteiger partial charge in [-0.05, 0) is 18.2 Å². The number of carbonyl (C=O) groups is 1. The van der Waals surface area contributed by atoms with E-state index in [2.05, 4.69) is 20.6 Å². The second-order valence-corrected chi connectivity index (χ2v) is 4.76. The van der Waals surface area contributed by atoms with E-state index in [1.54, 1.807) is 0 Å². The van der Waals surface area contributed by atoms with E-state index in [1.165, 1.54) is 7.11 Å². The van der Waals surface area contributed by atoms with Crippen LogP contribution in [0.3, 0.4) is 0 Å². The minimum Gasteiger partial charge on any atom is -0.468 e. The molecule has 1 aliphatic rings. The van der Waals surface area contributed by atoms with E-state index in [4.69, 9.17) is 11.6 Å². The molecule has 0 amide bonds. The highest BCUT2D eigenvalue weighted by Gasteiger charge is 2.19. The summed E-state index contributed by atoms with van der Waals surface area (Å²) in [5.41, 5.74) is 1.14. The summed E-state index contributed by atoms with van der Waals surface area (Å²) in [4.78, 5) is 15.6. The molecule has 1 aromatic carbocycles. The zero-order valence-corrected chi connectivity index (χ0v) is 11.2. The number of methoxy groups -OCH3 is 1. The number of hydrogen-bond donors (Lipinski definition) is 0. The summed E-state index contributed by atoms with van der Waals surface area (Å²) >= 11 is 5.98. The Kier molecular flexibility index (Phi) is 4.44. The highest BCUT2D eigenvalue weighted by Crippen LogP contribution is 2.20. The van der Waals surface area contributed by atoms with Crippen molar-refractivity contribution in [3.63, 3.8) is 0 Å². The van der Waals surface area contributed by atoms with Gasteiger partial charge < -0.3 is 9.64 Å². The third kappa shape index (κ3) is 3.37. The molecular formula is C13H17ClN2O2. The Morgan fingerprint density at radius 2 is 2.06 bits per heavy atom. The van der Waals surface area contributed by atoms with Crippen LogP contribution in [0.25, 0.3) is 0 Å². The number of rotatable bonds is 3. The van der Waals surface area contributed by atoms with Crippen molar-refractivity contribution in [3.8, 4) is 0 Å². The van der Waals surface area contributed by atoms with E-state index in [-0.39, 0.29) is 5.97 Å². The fourth-order valence-corrected chi connectivity index (χ4v) is 2.27. The van der Waals surface area contributed by atoms with Crippen LogP contribution in [-0.2, 0) is 9.53 Å². The minimum atomic E-state index is -0.175. The van der Waals surface area contributed by atoms with E-state index in [9.17, 15) is 4.79 Å². The fourth-order valence-electron chi connectivity index (χ4n) is 2.08. The van der Waals surface area contributed by atoms with Gasteiger partial charge in [-0.3, -0.25) is 9.69 Å². The summed E-state index contributed by atoms with van der Waals surface area (Å²) in [7, 11) is 1.42. The molecule has 18 heavy (non-hydrogen) atoms. The molecule has 1 heterocycles. The molecule has 0 spiro atoms. The van der Waals surface area contributed by atoms with Crippen LogP contribution in [-0.4, -0.2) is 50.7 Å². The molecule has 0 bridgehead atoms. The van der Waals surface area contributed by atoms with E-state index >= 15 is 0 Å². The monoisotopic (exact) mass is 268 g/mol. The van der Waals surface area contributed by atoms with Gasteiger partial charge in [0.2, 0.25) is 0 Å². The predicted molar refractivity (Wildman–Crippen MR) is 72.1 cm³/mol. The van der Waals surface area contributed by atoms with E-state index in [0.717, 1.165) is 36.9 Å². The molecule has 0 saturated carbocycles. The van der Waals surface area contributed by atoms with Crippen molar-refractivity contribution >= 4 is 23.3 Å². The van der Waals surface area contributed by atoms with Crippen LogP contribution in [0.4, 0.5) is 5.69 Å². The number of anilines is 1. The number of nitrogens with zero attached hydrogens (tertiary/aromatic N) is 2. The van der Waals surface area contributed by atoms with Gasteiger partial charge in [0, 0.05) is 36.9 Å². The Hall–Kier alpha value is -1.26. The zero-order valence-electron chi connectivity index (χ0n) is 10.4. The molecule has 98 valence electrons. The van der Waals surface area contributed by atoms with Crippen molar-refractivity contribution in [2.45, 2.75) is 0 Å². The summed E-state index contributed by atoms with van der Waals surface area (Å²) in [5.74, 6) is -0.175. The van der Waals surface area contributed by atoms with Gasteiger partial charge in [-0.2, -0.15) is 0 Å². The molecule has 0 atom stereocenters. The highest BCUT2D eigenvalue weighted by molar-refractivity contribution is 6.30. The smallest absolute Gasteiger partial charge is 0.319 e. The number of benzene rings is 1. The Bertz CT molecular complexity index is 417. The number of carbonyl (C=O) groups excluding carboxylic acids is 1. The fraction of sp³-hybridized carbons (Fsp3) is 0.462. The number of ether oxygens (including phenoxy) is 1. The first kappa shape index (κ1) is 13.2. The normalized spacial score (nSPS) is 16.7. The Balaban J connectivity index is 1.88. The first-order chi connectivity index (χ1) is 8.69. The SMILES string of the molecule is COC(=O)CN1CCN(c2cccc(Cl)c2)CC1. The summed E-state index contributed by atoms with van der Waals surface area (Å²) < 4.78 is 4.67. The maximum Gasteiger partial charge on any atom is 0.319 e. The Morgan fingerprint density at radius 3 is 2.67 bits per heavy atom. The Labute approximate surface area is 112 Å². The van der Waals surface area contributed by atoms with Crippen molar-refractivity contribution in [2.75, 3.05) is 44.7 Å². The van der Waals surface area contributed by atoms with E-state index < -0.39 is 0 Å². The lowest BCUT2D eigenvalue weighted by atomic mass is 10.2. The van der Waals surface area contributed by atoms with Crippen molar-refractivity contribution in [1.29, 1.82) is 0 Å². The topological polar surface area (TPSA) is 32.8 Å². The molecular weight excluding hydrogens is 252 g/mol. The van der Waals surface area contributed by atoms with Gasteiger partial charge in [-0.25, -0.2) is 0 Å². The predicted octanol–water partition coefficient (Wildman–Crippen LogP) is 1.63. The van der Waals surface area contributed by atoms with Crippen molar-refractivity contribution < 1.29 is 9.53 Å². The van der Waals surface area contributed by atoms with Gasteiger partial charge in [-0.15, -0.1) is 0 Å². The molecule has 4 nitrogen and oxygen atoms in total. The van der Waals surface area contributed by atoms with Gasteiger partial charge in [0.05, 0.1) is 13.7 Å². The van der Waals surface area contributed by atoms with Crippen LogP contribution in [0, 0.1) is 0 Å². The van der Waals surface area contributed by atoms with Crippen LogP contribution in [0.15, 0.2) is 24.3 Å². The van der Waals surface area contributed by atoms with Crippen LogP contribution in [0.5, 0.6) is 0 Å². The van der Waals surface area contributed by atoms with Crippen LogP contribution in [0.2, 0.25) is 5.02 Å². The van der Waals surface area contributed by atoms with E-state index in [1.807, 2.05) is 18.2 Å². The molecule has 1 aliphatic heterocycles. The minimum absolute atomic E-state index is 0.175. The lowest BCUT2D eigenvalue weighted by Gasteiger charge is -2.35. The van der Waals surface area contributed by atoms with Gasteiger partial charge >= 0.3 is 5.97 Å². The summed E-state index contributed by atoms with van der Waals surface area (Å²) in [6, 6.07) is 7.86. The number of piperazine rings is 1. The first-order valence-corrected chi connectivity index (χ1v) is 6.36. The average molecular weight is 269 g/mol. The second kappa shape index (κ2) is 6.07. The molecule has 1 saturated heterocycles. The van der Waals surface area contributed by atoms with Crippen LogP contribution in [0.1, 0.15) is 0 Å². The molecule has 0 N–H and O–H groups in total. The highest BCUT2D eigenvalue weighted by atomic mass is 35.5. The number of halogens is 1. The van der Waals surface area contributed by atoms with Crippen LogP contribution < -0.4 is 4.90 Å².